The number of hydrogen-bond acceptors (Lipinski definition) is 3. The second-order valence-electron chi connectivity index (χ2n) is 3.53. The Hall–Kier alpha value is -0.950. The lowest BCUT2D eigenvalue weighted by molar-refractivity contribution is -0.0435. The molecule has 0 unspecified atom stereocenters. The second kappa shape index (κ2) is 5.36. The van der Waals surface area contributed by atoms with Gasteiger partial charge in [-0.2, -0.15) is 13.2 Å². The van der Waals surface area contributed by atoms with E-state index in [0.29, 0.717) is 0 Å². The molecule has 18 heavy (non-hydrogen) atoms. The number of hydrogen-bond donors (Lipinski definition) is 0. The quantitative estimate of drug-likeness (QED) is 0.802. The summed E-state index contributed by atoms with van der Waals surface area (Å²) in [5.41, 5.74) is -5.33. The van der Waals surface area contributed by atoms with Gasteiger partial charge in [-0.25, -0.2) is 8.42 Å². The van der Waals surface area contributed by atoms with Crippen LogP contribution in [0.5, 0.6) is 0 Å². The van der Waals surface area contributed by atoms with Crippen LogP contribution in [-0.4, -0.2) is 33.4 Å². The van der Waals surface area contributed by atoms with Gasteiger partial charge in [-0.15, -0.1) is 11.6 Å². The Morgan fingerprint density at radius 3 is 2.33 bits per heavy atom. The van der Waals surface area contributed by atoms with Crippen molar-refractivity contribution in [1.29, 1.82) is 0 Å². The summed E-state index contributed by atoms with van der Waals surface area (Å²) in [4.78, 5) is 0.608. The first-order valence-corrected chi connectivity index (χ1v) is 6.91. The van der Waals surface area contributed by atoms with Crippen molar-refractivity contribution in [2.24, 2.45) is 0 Å². The Bertz CT molecular complexity index is 516. The third kappa shape index (κ3) is 2.89. The molecule has 0 amide bonds. The maximum atomic E-state index is 12.5. The molecule has 0 aliphatic rings. The summed E-state index contributed by atoms with van der Waals surface area (Å²) in [6.07, 6.45) is 0. The van der Waals surface area contributed by atoms with E-state index in [1.165, 1.54) is 30.1 Å². The van der Waals surface area contributed by atoms with Gasteiger partial charge in [0.2, 0.25) is 0 Å². The van der Waals surface area contributed by atoms with Crippen LogP contribution in [0.4, 0.5) is 18.9 Å². The van der Waals surface area contributed by atoms with Gasteiger partial charge in [-0.3, -0.25) is 0 Å². The summed E-state index contributed by atoms with van der Waals surface area (Å²) in [6, 6.07) is 4.96. The summed E-state index contributed by atoms with van der Waals surface area (Å²) in [6.45, 7) is 0.242. The average molecular weight is 302 g/mol. The van der Waals surface area contributed by atoms with E-state index in [1.54, 1.807) is 0 Å². The monoisotopic (exact) mass is 301 g/mol. The van der Waals surface area contributed by atoms with Crippen molar-refractivity contribution in [2.75, 3.05) is 24.4 Å². The standard InChI is InChI=1S/C10H11ClF3NO2S/c1-15(7-6-11)8-4-2-3-5-9(8)18(16,17)10(12,13)14/h2-5H,6-7H2,1H3. The lowest BCUT2D eigenvalue weighted by Gasteiger charge is -2.21. The minimum Gasteiger partial charge on any atom is -0.372 e. The molecule has 0 aliphatic carbocycles. The Morgan fingerprint density at radius 2 is 1.83 bits per heavy atom. The van der Waals surface area contributed by atoms with Crippen LogP contribution in [0.3, 0.4) is 0 Å². The van der Waals surface area contributed by atoms with E-state index >= 15 is 0 Å². The molecular formula is C10H11ClF3NO2S. The Morgan fingerprint density at radius 1 is 1.28 bits per heavy atom. The molecule has 0 saturated carbocycles. The summed E-state index contributed by atoms with van der Waals surface area (Å²) in [5.74, 6) is 0.177. The molecule has 0 fully saturated rings. The molecular weight excluding hydrogens is 291 g/mol. The maximum Gasteiger partial charge on any atom is 0.501 e. The Labute approximate surface area is 108 Å². The van der Waals surface area contributed by atoms with Gasteiger partial charge >= 0.3 is 5.51 Å². The third-order valence-corrected chi connectivity index (χ3v) is 3.99. The predicted molar refractivity (Wildman–Crippen MR) is 63.7 cm³/mol. The lowest BCUT2D eigenvalue weighted by Crippen LogP contribution is -2.27. The predicted octanol–water partition coefficient (Wildman–Crippen LogP) is 2.66. The number of benzene rings is 1. The van der Waals surface area contributed by atoms with Crippen molar-refractivity contribution in [3.63, 3.8) is 0 Å². The van der Waals surface area contributed by atoms with E-state index in [9.17, 15) is 21.6 Å². The number of para-hydroxylation sites is 1. The highest BCUT2D eigenvalue weighted by molar-refractivity contribution is 7.92. The van der Waals surface area contributed by atoms with Crippen molar-refractivity contribution in [3.8, 4) is 0 Å². The van der Waals surface area contributed by atoms with Gasteiger partial charge in [0.05, 0.1) is 10.6 Å². The number of rotatable bonds is 4. The summed E-state index contributed by atoms with van der Waals surface area (Å²) in [7, 11) is -3.88. The fourth-order valence-electron chi connectivity index (χ4n) is 1.37. The number of nitrogens with zero attached hydrogens (tertiary/aromatic N) is 1. The molecule has 1 aromatic rings. The smallest absolute Gasteiger partial charge is 0.372 e. The molecule has 1 rings (SSSR count). The molecule has 0 N–H and O–H groups in total. The van der Waals surface area contributed by atoms with Crippen molar-refractivity contribution in [1.82, 2.24) is 0 Å². The van der Waals surface area contributed by atoms with Crippen LogP contribution in [0, 0.1) is 0 Å². The van der Waals surface area contributed by atoms with Crippen molar-refractivity contribution in [2.45, 2.75) is 10.4 Å². The van der Waals surface area contributed by atoms with Crippen LogP contribution in [0.1, 0.15) is 0 Å². The highest BCUT2D eigenvalue weighted by atomic mass is 35.5. The zero-order valence-corrected chi connectivity index (χ0v) is 11.0. The largest absolute Gasteiger partial charge is 0.501 e. The fourth-order valence-corrected chi connectivity index (χ4v) is 2.63. The van der Waals surface area contributed by atoms with Crippen molar-refractivity contribution < 1.29 is 21.6 Å². The molecule has 0 aliphatic heterocycles. The fraction of sp³-hybridized carbons (Fsp3) is 0.400. The number of sulfone groups is 1. The van der Waals surface area contributed by atoms with Gasteiger partial charge in [-0.1, -0.05) is 12.1 Å². The van der Waals surface area contributed by atoms with Gasteiger partial charge in [0, 0.05) is 19.5 Å². The molecule has 0 heterocycles. The first-order chi connectivity index (χ1) is 8.21. The van der Waals surface area contributed by atoms with Crippen LogP contribution in [0.25, 0.3) is 0 Å². The number of halogens is 4. The maximum absolute atomic E-state index is 12.5. The highest BCUT2D eigenvalue weighted by Gasteiger charge is 2.48. The Kier molecular flexibility index (Phi) is 4.50. The second-order valence-corrected chi connectivity index (χ2v) is 5.82. The van der Waals surface area contributed by atoms with Gasteiger partial charge in [0.25, 0.3) is 9.84 Å². The lowest BCUT2D eigenvalue weighted by atomic mass is 10.3. The molecule has 0 spiro atoms. The van der Waals surface area contributed by atoms with Crippen molar-refractivity contribution in [3.05, 3.63) is 24.3 Å². The van der Waals surface area contributed by atoms with Crippen LogP contribution in [-0.2, 0) is 9.84 Å². The van der Waals surface area contributed by atoms with E-state index in [4.69, 9.17) is 11.6 Å². The average Bonchev–Trinajstić information content (AvgIpc) is 2.28. The molecule has 0 saturated heterocycles. The summed E-state index contributed by atoms with van der Waals surface area (Å²) < 4.78 is 60.3. The van der Waals surface area contributed by atoms with Gasteiger partial charge < -0.3 is 4.90 Å². The van der Waals surface area contributed by atoms with Gasteiger partial charge in [-0.05, 0) is 12.1 Å². The molecule has 102 valence electrons. The van der Waals surface area contributed by atoms with Crippen LogP contribution >= 0.6 is 11.6 Å². The molecule has 0 atom stereocenters. The van der Waals surface area contributed by atoms with E-state index < -0.39 is 20.2 Å². The normalized spacial score (nSPS) is 12.5. The highest BCUT2D eigenvalue weighted by Crippen LogP contribution is 2.35. The minimum atomic E-state index is -5.36. The molecule has 1 aromatic carbocycles. The van der Waals surface area contributed by atoms with E-state index in [0.717, 1.165) is 6.07 Å². The first-order valence-electron chi connectivity index (χ1n) is 4.89. The SMILES string of the molecule is CN(CCCl)c1ccccc1S(=O)(=O)C(F)(F)F. The van der Waals surface area contributed by atoms with Crippen molar-refractivity contribution >= 4 is 27.1 Å². The summed E-state index contributed by atoms with van der Waals surface area (Å²) in [5, 5.41) is 0. The number of anilines is 1. The van der Waals surface area contributed by atoms with Crippen LogP contribution in [0.2, 0.25) is 0 Å². The zero-order chi connectivity index (χ0) is 14.0. The zero-order valence-electron chi connectivity index (χ0n) is 9.41. The topological polar surface area (TPSA) is 37.4 Å². The molecule has 0 bridgehead atoms. The minimum absolute atomic E-state index is 0.0181. The van der Waals surface area contributed by atoms with Gasteiger partial charge in [0.1, 0.15) is 0 Å². The molecule has 0 radical (unpaired) electrons. The van der Waals surface area contributed by atoms with Gasteiger partial charge in [0.15, 0.2) is 0 Å². The molecule has 0 aromatic heterocycles. The third-order valence-electron chi connectivity index (χ3n) is 2.29. The van der Waals surface area contributed by atoms with E-state index in [2.05, 4.69) is 0 Å². The van der Waals surface area contributed by atoms with E-state index in [1.807, 2.05) is 0 Å². The number of alkyl halides is 4. The molecule has 3 nitrogen and oxygen atoms in total. The summed E-state index contributed by atoms with van der Waals surface area (Å²) >= 11 is 5.49. The van der Waals surface area contributed by atoms with E-state index in [-0.39, 0.29) is 18.1 Å². The van der Waals surface area contributed by atoms with Crippen LogP contribution < -0.4 is 4.90 Å². The van der Waals surface area contributed by atoms with Crippen LogP contribution in [0.15, 0.2) is 29.2 Å². The first kappa shape index (κ1) is 15.1. The Balaban J connectivity index is 3.35. The molecule has 8 heteroatoms.